The van der Waals surface area contributed by atoms with Crippen LogP contribution in [0.2, 0.25) is 0 Å². The van der Waals surface area contributed by atoms with Gasteiger partial charge in [0.1, 0.15) is 5.82 Å². The van der Waals surface area contributed by atoms with Gasteiger partial charge in [0.05, 0.1) is 5.69 Å². The number of hydrogen-bond acceptors (Lipinski definition) is 4. The van der Waals surface area contributed by atoms with Gasteiger partial charge in [-0.15, -0.1) is 0 Å². The minimum atomic E-state index is 0.312. The second-order valence-electron chi connectivity index (χ2n) is 5.34. The average Bonchev–Trinajstić information content (AvgIpc) is 2.15. The smallest absolute Gasteiger partial charge is 0.222 e. The number of nitrogen functional groups attached to an aromatic ring is 2. The van der Waals surface area contributed by atoms with Crippen LogP contribution in [0.1, 0.15) is 37.4 Å². The van der Waals surface area contributed by atoms with Crippen LogP contribution in [0.15, 0.2) is 0 Å². The van der Waals surface area contributed by atoms with E-state index in [0.29, 0.717) is 23.1 Å². The van der Waals surface area contributed by atoms with E-state index in [-0.39, 0.29) is 0 Å². The van der Waals surface area contributed by atoms with Crippen molar-refractivity contribution >= 4 is 11.8 Å². The first-order chi connectivity index (χ1) is 7.00. The Morgan fingerprint density at radius 3 is 2.67 bits per heavy atom. The molecule has 0 aliphatic heterocycles. The lowest BCUT2D eigenvalue weighted by molar-refractivity contribution is 0.0157. The SMILES string of the molecule is CC1(C)C2Cc3c(N)nc(N)nc3C1C2. The predicted octanol–water partition coefficient (Wildman–Crippen LogP) is 1.33. The Morgan fingerprint density at radius 1 is 1.27 bits per heavy atom. The fraction of sp³-hybridized carbons (Fsp3) is 0.636. The molecule has 1 saturated carbocycles. The summed E-state index contributed by atoms with van der Waals surface area (Å²) in [7, 11) is 0. The van der Waals surface area contributed by atoms with Crippen LogP contribution in [0, 0.1) is 11.3 Å². The molecule has 4 N–H and O–H groups in total. The van der Waals surface area contributed by atoms with Crippen molar-refractivity contribution in [1.29, 1.82) is 0 Å². The molecule has 4 rings (SSSR count). The summed E-state index contributed by atoms with van der Waals surface area (Å²) >= 11 is 0. The van der Waals surface area contributed by atoms with Gasteiger partial charge >= 0.3 is 0 Å². The van der Waals surface area contributed by atoms with Gasteiger partial charge in [0.2, 0.25) is 5.95 Å². The molecule has 1 fully saturated rings. The van der Waals surface area contributed by atoms with Crippen LogP contribution in [0.4, 0.5) is 11.8 Å². The van der Waals surface area contributed by atoms with Crippen molar-refractivity contribution < 1.29 is 0 Å². The summed E-state index contributed by atoms with van der Waals surface area (Å²) in [5.74, 6) is 2.17. The Hall–Kier alpha value is -1.32. The fourth-order valence-corrected chi connectivity index (χ4v) is 3.11. The third-order valence-electron chi connectivity index (χ3n) is 4.34. The predicted molar refractivity (Wildman–Crippen MR) is 59.2 cm³/mol. The second-order valence-corrected chi connectivity index (χ2v) is 5.34. The topological polar surface area (TPSA) is 77.8 Å². The molecule has 2 atom stereocenters. The zero-order valence-electron chi connectivity index (χ0n) is 9.12. The third-order valence-corrected chi connectivity index (χ3v) is 4.34. The van der Waals surface area contributed by atoms with E-state index in [1.165, 1.54) is 6.42 Å². The summed E-state index contributed by atoms with van der Waals surface area (Å²) in [6, 6.07) is 0. The summed E-state index contributed by atoms with van der Waals surface area (Å²) in [4.78, 5) is 8.41. The molecule has 0 saturated heterocycles. The van der Waals surface area contributed by atoms with Gasteiger partial charge in [0, 0.05) is 11.5 Å². The van der Waals surface area contributed by atoms with Crippen molar-refractivity contribution in [2.75, 3.05) is 11.5 Å². The molecule has 3 aliphatic carbocycles. The van der Waals surface area contributed by atoms with Crippen LogP contribution in [0.25, 0.3) is 0 Å². The van der Waals surface area contributed by atoms with Crippen molar-refractivity contribution in [3.8, 4) is 0 Å². The van der Waals surface area contributed by atoms with Gasteiger partial charge in [0.25, 0.3) is 0 Å². The molecule has 1 aromatic heterocycles. The molecule has 2 unspecified atom stereocenters. The zero-order valence-corrected chi connectivity index (χ0v) is 9.12. The van der Waals surface area contributed by atoms with Crippen LogP contribution in [0.5, 0.6) is 0 Å². The maximum Gasteiger partial charge on any atom is 0.222 e. The average molecular weight is 204 g/mol. The van der Waals surface area contributed by atoms with Crippen LogP contribution in [-0.4, -0.2) is 9.97 Å². The molecule has 1 aromatic rings. The van der Waals surface area contributed by atoms with Crippen molar-refractivity contribution in [2.45, 2.75) is 32.6 Å². The Labute approximate surface area is 89.1 Å². The Kier molecular flexibility index (Phi) is 1.45. The molecule has 0 spiro atoms. The molecule has 0 amide bonds. The lowest BCUT2D eigenvalue weighted by Gasteiger charge is -2.56. The van der Waals surface area contributed by atoms with Gasteiger partial charge in [-0.1, -0.05) is 13.8 Å². The number of nitrogens with zero attached hydrogens (tertiary/aromatic N) is 2. The lowest BCUT2D eigenvalue weighted by atomic mass is 9.48. The van der Waals surface area contributed by atoms with E-state index in [4.69, 9.17) is 11.5 Å². The van der Waals surface area contributed by atoms with E-state index in [0.717, 1.165) is 23.6 Å². The van der Waals surface area contributed by atoms with E-state index in [2.05, 4.69) is 23.8 Å². The summed E-state index contributed by atoms with van der Waals surface area (Å²) in [5, 5.41) is 0. The van der Waals surface area contributed by atoms with E-state index in [1.807, 2.05) is 0 Å². The normalized spacial score (nSPS) is 30.5. The maximum atomic E-state index is 5.88. The minimum absolute atomic E-state index is 0.312. The molecule has 1 heterocycles. The maximum absolute atomic E-state index is 5.88. The van der Waals surface area contributed by atoms with E-state index in [9.17, 15) is 0 Å². The van der Waals surface area contributed by atoms with Gasteiger partial charge in [-0.3, -0.25) is 0 Å². The standard InChI is InChI=1S/C11H16N4/c1-11(2)5-3-6-8(7(11)4-5)14-10(13)15-9(6)12/h5,7H,3-4H2,1-2H3,(H4,12,13,14,15). The highest BCUT2D eigenvalue weighted by Crippen LogP contribution is 2.62. The third kappa shape index (κ3) is 0.967. The van der Waals surface area contributed by atoms with Crippen LogP contribution < -0.4 is 11.5 Å². The second kappa shape index (κ2) is 2.43. The van der Waals surface area contributed by atoms with Crippen LogP contribution in [0.3, 0.4) is 0 Å². The molecular weight excluding hydrogens is 188 g/mol. The fourth-order valence-electron chi connectivity index (χ4n) is 3.11. The highest BCUT2D eigenvalue weighted by Gasteiger charge is 2.53. The number of nitrogens with two attached hydrogens (primary N) is 2. The molecule has 0 aromatic carbocycles. The molecule has 2 bridgehead atoms. The van der Waals surface area contributed by atoms with E-state index in [1.54, 1.807) is 0 Å². The van der Waals surface area contributed by atoms with Crippen molar-refractivity contribution in [1.82, 2.24) is 9.97 Å². The molecule has 3 aliphatic rings. The van der Waals surface area contributed by atoms with Gasteiger partial charge in [-0.05, 0) is 24.2 Å². The zero-order chi connectivity index (χ0) is 10.8. The molecule has 80 valence electrons. The van der Waals surface area contributed by atoms with Crippen molar-refractivity contribution in [3.63, 3.8) is 0 Å². The van der Waals surface area contributed by atoms with E-state index >= 15 is 0 Å². The largest absolute Gasteiger partial charge is 0.383 e. The highest BCUT2D eigenvalue weighted by atomic mass is 15.0. The van der Waals surface area contributed by atoms with Gasteiger partial charge in [-0.25, -0.2) is 4.98 Å². The molecule has 4 heteroatoms. The van der Waals surface area contributed by atoms with Gasteiger partial charge in [0.15, 0.2) is 0 Å². The first-order valence-corrected chi connectivity index (χ1v) is 5.42. The van der Waals surface area contributed by atoms with Crippen molar-refractivity contribution in [2.24, 2.45) is 11.3 Å². The quantitative estimate of drug-likeness (QED) is 0.668. The highest BCUT2D eigenvalue weighted by molar-refractivity contribution is 5.51. The molecule has 4 nitrogen and oxygen atoms in total. The molecule has 15 heavy (non-hydrogen) atoms. The molecule has 0 radical (unpaired) electrons. The summed E-state index contributed by atoms with van der Waals surface area (Å²) in [6.07, 6.45) is 2.25. The summed E-state index contributed by atoms with van der Waals surface area (Å²) < 4.78 is 0. The molecular formula is C11H16N4. The number of aromatic nitrogens is 2. The summed E-state index contributed by atoms with van der Waals surface area (Å²) in [6.45, 7) is 4.62. The lowest BCUT2D eigenvalue weighted by Crippen LogP contribution is -2.48. The van der Waals surface area contributed by atoms with Crippen LogP contribution >= 0.6 is 0 Å². The number of rotatable bonds is 0. The van der Waals surface area contributed by atoms with E-state index < -0.39 is 0 Å². The van der Waals surface area contributed by atoms with Gasteiger partial charge in [-0.2, -0.15) is 4.98 Å². The Balaban J connectivity index is 2.18. The summed E-state index contributed by atoms with van der Waals surface area (Å²) in [5.41, 5.74) is 14.1. The first kappa shape index (κ1) is 8.95. The van der Waals surface area contributed by atoms with Crippen molar-refractivity contribution in [3.05, 3.63) is 11.3 Å². The van der Waals surface area contributed by atoms with Crippen LogP contribution in [-0.2, 0) is 6.42 Å². The monoisotopic (exact) mass is 204 g/mol. The Bertz CT molecular complexity index is 438. The van der Waals surface area contributed by atoms with Gasteiger partial charge < -0.3 is 11.5 Å². The Morgan fingerprint density at radius 2 is 2.00 bits per heavy atom. The number of anilines is 2. The minimum Gasteiger partial charge on any atom is -0.383 e. The number of hydrogen-bond donors (Lipinski definition) is 2. The first-order valence-electron chi connectivity index (χ1n) is 5.42.